The Labute approximate surface area is 146 Å². The largest absolute Gasteiger partial charge is 0.360 e. The van der Waals surface area contributed by atoms with Crippen molar-refractivity contribution < 1.29 is 4.79 Å². The molecule has 2 bridgehead atoms. The summed E-state index contributed by atoms with van der Waals surface area (Å²) in [5.74, 6) is 2.12. The molecule has 4 nitrogen and oxygen atoms in total. The van der Waals surface area contributed by atoms with Crippen LogP contribution >= 0.6 is 12.2 Å². The van der Waals surface area contributed by atoms with Gasteiger partial charge in [0.15, 0.2) is 5.11 Å². The summed E-state index contributed by atoms with van der Waals surface area (Å²) in [6.45, 7) is 5.91. The van der Waals surface area contributed by atoms with E-state index < -0.39 is 0 Å². The monoisotopic (exact) mass is 337 g/mol. The fourth-order valence-corrected chi connectivity index (χ4v) is 4.89. The molecule has 1 N–H and O–H groups in total. The van der Waals surface area contributed by atoms with Crippen LogP contribution in [0.25, 0.3) is 0 Å². The smallest absolute Gasteiger partial charge is 0.227 e. The van der Waals surface area contributed by atoms with Gasteiger partial charge in [0.05, 0.1) is 5.92 Å². The second-order valence-corrected chi connectivity index (χ2v) is 8.45. The summed E-state index contributed by atoms with van der Waals surface area (Å²) in [6, 6.07) is 0.840. The van der Waals surface area contributed by atoms with Gasteiger partial charge in [0.1, 0.15) is 0 Å². The fourth-order valence-electron chi connectivity index (χ4n) is 4.58. The lowest BCUT2D eigenvalue weighted by molar-refractivity contribution is -0.137. The van der Waals surface area contributed by atoms with Gasteiger partial charge < -0.3 is 15.1 Å². The number of nitrogens with zero attached hydrogens (tertiary/aromatic N) is 2. The average molecular weight is 338 g/mol. The number of likely N-dealkylation sites (tertiary alicyclic amines) is 1. The van der Waals surface area contributed by atoms with Crippen LogP contribution in [0.15, 0.2) is 0 Å². The van der Waals surface area contributed by atoms with Gasteiger partial charge in [0.2, 0.25) is 5.91 Å². The molecule has 0 spiro atoms. The molecule has 23 heavy (non-hydrogen) atoms. The molecule has 2 saturated carbocycles. The van der Waals surface area contributed by atoms with Gasteiger partial charge in [-0.1, -0.05) is 6.42 Å². The van der Waals surface area contributed by atoms with E-state index >= 15 is 0 Å². The number of hydrogen-bond donors (Lipinski definition) is 1. The molecule has 0 aromatic carbocycles. The standard InChI is InChI=1S/C18H31N3OS/c1-12(2)20(3)17(22)15-5-4-8-21(11-15)18(23)19-16-10-13-6-7-14(16)9-13/h12-16H,4-11H2,1-3H3,(H,19,23)/t13-,14-,15+,16+/m0/s1. The van der Waals surface area contributed by atoms with Crippen LogP contribution < -0.4 is 5.32 Å². The molecule has 0 unspecified atom stereocenters. The van der Waals surface area contributed by atoms with Crippen molar-refractivity contribution in [1.29, 1.82) is 0 Å². The van der Waals surface area contributed by atoms with E-state index in [0.717, 1.165) is 42.9 Å². The predicted octanol–water partition coefficient (Wildman–Crippen LogP) is 2.63. The van der Waals surface area contributed by atoms with E-state index in [0.29, 0.717) is 6.04 Å². The molecule has 3 aliphatic rings. The average Bonchev–Trinajstić information content (AvgIpc) is 3.16. The van der Waals surface area contributed by atoms with Gasteiger partial charge >= 0.3 is 0 Å². The first-order valence-corrected chi connectivity index (χ1v) is 9.68. The number of piperidine rings is 1. The van der Waals surface area contributed by atoms with Crippen molar-refractivity contribution in [3.8, 4) is 0 Å². The zero-order valence-corrected chi connectivity index (χ0v) is 15.6. The fraction of sp³-hybridized carbons (Fsp3) is 0.889. The molecule has 1 saturated heterocycles. The van der Waals surface area contributed by atoms with Crippen LogP contribution in [0.1, 0.15) is 52.4 Å². The number of nitrogens with one attached hydrogen (secondary N) is 1. The van der Waals surface area contributed by atoms with Crippen LogP contribution in [-0.4, -0.2) is 53.0 Å². The molecule has 130 valence electrons. The summed E-state index contributed by atoms with van der Waals surface area (Å²) in [7, 11) is 1.91. The Morgan fingerprint density at radius 3 is 2.65 bits per heavy atom. The molecule has 5 heteroatoms. The number of fused-ring (bicyclic) bond motifs is 2. The topological polar surface area (TPSA) is 35.6 Å². The highest BCUT2D eigenvalue weighted by molar-refractivity contribution is 7.80. The number of carbonyl (C=O) groups is 1. The first kappa shape index (κ1) is 17.0. The number of carbonyl (C=O) groups excluding carboxylic acids is 1. The van der Waals surface area contributed by atoms with Gasteiger partial charge in [0, 0.05) is 32.2 Å². The molecule has 3 rings (SSSR count). The first-order valence-electron chi connectivity index (χ1n) is 9.27. The molecule has 3 fully saturated rings. The molecule has 0 aromatic rings. The van der Waals surface area contributed by atoms with Gasteiger partial charge in [-0.05, 0) is 70.0 Å². The lowest BCUT2D eigenvalue weighted by Gasteiger charge is -2.37. The molecule has 1 amide bonds. The van der Waals surface area contributed by atoms with Gasteiger partial charge in [-0.25, -0.2) is 0 Å². The highest BCUT2D eigenvalue weighted by atomic mass is 32.1. The van der Waals surface area contributed by atoms with Crippen LogP contribution in [0, 0.1) is 17.8 Å². The van der Waals surface area contributed by atoms with E-state index in [9.17, 15) is 4.79 Å². The summed E-state index contributed by atoms with van der Waals surface area (Å²) in [5.41, 5.74) is 0. The minimum Gasteiger partial charge on any atom is -0.360 e. The van der Waals surface area contributed by atoms with Crippen molar-refractivity contribution in [3.05, 3.63) is 0 Å². The van der Waals surface area contributed by atoms with Crippen LogP contribution in [0.2, 0.25) is 0 Å². The van der Waals surface area contributed by atoms with E-state index in [4.69, 9.17) is 12.2 Å². The van der Waals surface area contributed by atoms with Crippen LogP contribution in [0.4, 0.5) is 0 Å². The molecular formula is C18H31N3OS. The molecule has 0 aromatic heterocycles. The van der Waals surface area contributed by atoms with Crippen molar-refractivity contribution >= 4 is 23.2 Å². The van der Waals surface area contributed by atoms with Crippen molar-refractivity contribution in [1.82, 2.24) is 15.1 Å². The number of amides is 1. The summed E-state index contributed by atoms with van der Waals surface area (Å²) in [4.78, 5) is 16.7. The highest BCUT2D eigenvalue weighted by Gasteiger charge is 2.40. The Hall–Kier alpha value is -0.840. The Morgan fingerprint density at radius 2 is 2.04 bits per heavy atom. The van der Waals surface area contributed by atoms with Crippen molar-refractivity contribution in [3.63, 3.8) is 0 Å². The zero-order chi connectivity index (χ0) is 16.6. The van der Waals surface area contributed by atoms with E-state index in [1.807, 2.05) is 11.9 Å². The van der Waals surface area contributed by atoms with Crippen LogP contribution in [-0.2, 0) is 4.79 Å². The van der Waals surface area contributed by atoms with Crippen LogP contribution in [0.3, 0.4) is 0 Å². The lowest BCUT2D eigenvalue weighted by Crippen LogP contribution is -2.52. The first-order chi connectivity index (χ1) is 11.0. The van der Waals surface area contributed by atoms with E-state index in [2.05, 4.69) is 24.1 Å². The maximum atomic E-state index is 12.6. The second-order valence-electron chi connectivity index (χ2n) is 8.06. The molecule has 1 aliphatic heterocycles. The van der Waals surface area contributed by atoms with Gasteiger partial charge in [-0.2, -0.15) is 0 Å². The molecule has 4 atom stereocenters. The van der Waals surface area contributed by atoms with E-state index in [1.54, 1.807) is 0 Å². The Kier molecular flexibility index (Phi) is 5.14. The Bertz CT molecular complexity index is 467. The summed E-state index contributed by atoms with van der Waals surface area (Å²) >= 11 is 5.67. The zero-order valence-electron chi connectivity index (χ0n) is 14.8. The molecular weight excluding hydrogens is 306 g/mol. The molecule has 1 heterocycles. The van der Waals surface area contributed by atoms with Gasteiger partial charge in [-0.3, -0.25) is 4.79 Å². The Balaban J connectivity index is 1.53. The minimum atomic E-state index is 0.0935. The van der Waals surface area contributed by atoms with Crippen molar-refractivity contribution in [2.24, 2.45) is 17.8 Å². The van der Waals surface area contributed by atoms with Crippen LogP contribution in [0.5, 0.6) is 0 Å². The summed E-state index contributed by atoms with van der Waals surface area (Å²) < 4.78 is 0. The summed E-state index contributed by atoms with van der Waals surface area (Å²) in [6.07, 6.45) is 7.50. The second kappa shape index (κ2) is 6.96. The SMILES string of the molecule is CC(C)N(C)C(=O)[C@@H]1CCCN(C(=S)N[C@@H]2C[C@H]3CC[C@H]2C3)C1. The predicted molar refractivity (Wildman–Crippen MR) is 97.2 cm³/mol. The number of rotatable bonds is 3. The number of hydrogen-bond acceptors (Lipinski definition) is 2. The van der Waals surface area contributed by atoms with E-state index in [1.165, 1.54) is 25.7 Å². The maximum Gasteiger partial charge on any atom is 0.227 e. The number of thiocarbonyl (C=S) groups is 1. The third-order valence-corrected chi connectivity index (χ3v) is 6.60. The lowest BCUT2D eigenvalue weighted by atomic mass is 9.95. The van der Waals surface area contributed by atoms with Gasteiger partial charge in [-0.15, -0.1) is 0 Å². The third kappa shape index (κ3) is 3.65. The maximum absolute atomic E-state index is 12.6. The highest BCUT2D eigenvalue weighted by Crippen LogP contribution is 2.44. The van der Waals surface area contributed by atoms with Crippen molar-refractivity contribution in [2.45, 2.75) is 64.5 Å². The third-order valence-electron chi connectivity index (χ3n) is 6.23. The summed E-state index contributed by atoms with van der Waals surface area (Å²) in [5, 5.41) is 4.51. The van der Waals surface area contributed by atoms with Gasteiger partial charge in [0.25, 0.3) is 0 Å². The normalized spacial score (nSPS) is 33.1. The Morgan fingerprint density at radius 1 is 1.26 bits per heavy atom. The van der Waals surface area contributed by atoms with Crippen molar-refractivity contribution in [2.75, 3.05) is 20.1 Å². The molecule has 0 radical (unpaired) electrons. The van der Waals surface area contributed by atoms with E-state index in [-0.39, 0.29) is 17.9 Å². The quantitative estimate of drug-likeness (QED) is 0.803. The minimum absolute atomic E-state index is 0.0935. The molecule has 2 aliphatic carbocycles.